The molecule has 1 rings (SSSR count). The molecule has 0 heterocycles. The van der Waals surface area contributed by atoms with E-state index in [9.17, 15) is 0 Å². The third-order valence-electron chi connectivity index (χ3n) is 1.55. The number of allylic oxidation sites excluding steroid dienone is 4. The van der Waals surface area contributed by atoms with E-state index in [-0.39, 0.29) is 18.9 Å². The molecule has 0 aromatic carbocycles. The molecular weight excluding hydrogens is 115 g/mol. The zero-order valence-corrected chi connectivity index (χ0v) is 5.93. The molecule has 51 valence electrons. The first-order valence-electron chi connectivity index (χ1n) is 3.64. The van der Waals surface area contributed by atoms with E-state index in [0.29, 0.717) is 0 Å². The average Bonchev–Trinajstić information content (AvgIpc) is 2.34. The topological polar surface area (TPSA) is 0 Å². The predicted molar refractivity (Wildman–Crippen MR) is 48.2 cm³/mol. The second-order valence-electron chi connectivity index (χ2n) is 2.40. The van der Waals surface area contributed by atoms with E-state index in [1.54, 1.807) is 0 Å². The Hall–Kier alpha value is 0.0774. The molecule has 0 saturated heterocycles. The molecule has 1 aliphatic carbocycles. The maximum absolute atomic E-state index is 2.23. The zero-order valence-electron chi connectivity index (χ0n) is 5.93. The van der Waals surface area contributed by atoms with Crippen molar-refractivity contribution in [2.24, 2.45) is 0 Å². The quantitative estimate of drug-likeness (QED) is 0.512. The zero-order chi connectivity index (χ0) is 6.53. The SMILES string of the molecule is CCCC[C]1C=CC=C1.[LiH]. The van der Waals surface area contributed by atoms with Gasteiger partial charge in [-0.25, -0.2) is 0 Å². The van der Waals surface area contributed by atoms with E-state index in [1.807, 2.05) is 0 Å². The molecule has 0 aromatic rings. The third kappa shape index (κ3) is 3.30. The molecule has 0 nitrogen and oxygen atoms in total. The van der Waals surface area contributed by atoms with Gasteiger partial charge in [0, 0.05) is 5.92 Å². The van der Waals surface area contributed by atoms with Gasteiger partial charge in [0.25, 0.3) is 0 Å². The number of rotatable bonds is 3. The number of hydrogen-bond donors (Lipinski definition) is 0. The molecule has 0 fully saturated rings. The van der Waals surface area contributed by atoms with Crippen molar-refractivity contribution < 1.29 is 0 Å². The Labute approximate surface area is 75.6 Å². The first-order valence-corrected chi connectivity index (χ1v) is 3.64. The van der Waals surface area contributed by atoms with Crippen LogP contribution in [0.5, 0.6) is 0 Å². The van der Waals surface area contributed by atoms with Gasteiger partial charge in [0.15, 0.2) is 0 Å². The van der Waals surface area contributed by atoms with Crippen molar-refractivity contribution in [2.45, 2.75) is 26.2 Å². The van der Waals surface area contributed by atoms with Crippen molar-refractivity contribution in [1.29, 1.82) is 0 Å². The van der Waals surface area contributed by atoms with Gasteiger partial charge in [-0.1, -0.05) is 44.1 Å². The van der Waals surface area contributed by atoms with E-state index in [0.717, 1.165) is 0 Å². The molecule has 10 heavy (non-hydrogen) atoms. The van der Waals surface area contributed by atoms with Gasteiger partial charge < -0.3 is 0 Å². The molecule has 0 saturated carbocycles. The monoisotopic (exact) mass is 129 g/mol. The van der Waals surface area contributed by atoms with E-state index in [2.05, 4.69) is 31.2 Å². The Morgan fingerprint density at radius 3 is 2.30 bits per heavy atom. The fourth-order valence-corrected chi connectivity index (χ4v) is 0.961. The van der Waals surface area contributed by atoms with Gasteiger partial charge in [0.05, 0.1) is 0 Å². The van der Waals surface area contributed by atoms with Crippen LogP contribution in [-0.2, 0) is 0 Å². The molecule has 0 N–H and O–H groups in total. The van der Waals surface area contributed by atoms with E-state index in [4.69, 9.17) is 0 Å². The Balaban J connectivity index is 0.000000810. The van der Waals surface area contributed by atoms with Gasteiger partial charge in [0.2, 0.25) is 0 Å². The summed E-state index contributed by atoms with van der Waals surface area (Å²) in [5.74, 6) is 1.48. The molecule has 1 aliphatic rings. The maximum atomic E-state index is 2.23. The van der Waals surface area contributed by atoms with Crippen LogP contribution in [0.15, 0.2) is 24.3 Å². The van der Waals surface area contributed by atoms with Gasteiger partial charge in [-0.05, 0) is 6.42 Å². The molecule has 0 unspecified atom stereocenters. The third-order valence-corrected chi connectivity index (χ3v) is 1.55. The molecule has 0 bridgehead atoms. The Morgan fingerprint density at radius 1 is 1.20 bits per heavy atom. The van der Waals surface area contributed by atoms with Crippen LogP contribution in [0, 0.1) is 5.92 Å². The molecule has 1 radical (unpaired) electrons. The van der Waals surface area contributed by atoms with Gasteiger partial charge in [-0.3, -0.25) is 0 Å². The van der Waals surface area contributed by atoms with Crippen LogP contribution in [-0.4, -0.2) is 18.9 Å². The van der Waals surface area contributed by atoms with Crippen molar-refractivity contribution in [3.05, 3.63) is 30.2 Å². The Morgan fingerprint density at radius 2 is 1.80 bits per heavy atom. The first-order chi connectivity index (χ1) is 4.43. The van der Waals surface area contributed by atoms with Crippen LogP contribution in [0.2, 0.25) is 0 Å². The standard InChI is InChI=1S/C9H13.Li.H/c1-2-3-6-9-7-4-5-8-9;;/h4-5,7-8H,2-3,6H2,1H3;;. The Kier molecular flexibility index (Phi) is 5.88. The average molecular weight is 129 g/mol. The summed E-state index contributed by atoms with van der Waals surface area (Å²) < 4.78 is 0. The second-order valence-corrected chi connectivity index (χ2v) is 2.40. The summed E-state index contributed by atoms with van der Waals surface area (Å²) in [5, 5.41) is 0. The van der Waals surface area contributed by atoms with Crippen LogP contribution >= 0.6 is 0 Å². The van der Waals surface area contributed by atoms with Gasteiger partial charge in [-0.2, -0.15) is 0 Å². The van der Waals surface area contributed by atoms with E-state index in [1.165, 1.54) is 25.2 Å². The van der Waals surface area contributed by atoms with E-state index < -0.39 is 0 Å². The first kappa shape index (κ1) is 10.1. The van der Waals surface area contributed by atoms with Crippen molar-refractivity contribution >= 4 is 18.9 Å². The van der Waals surface area contributed by atoms with Crippen molar-refractivity contribution in [3.8, 4) is 0 Å². The molecule has 0 amide bonds. The van der Waals surface area contributed by atoms with Crippen LogP contribution < -0.4 is 0 Å². The van der Waals surface area contributed by atoms with Gasteiger partial charge in [-0.15, -0.1) is 0 Å². The normalized spacial score (nSPS) is 15.7. The molecule has 0 spiro atoms. The number of unbranched alkanes of at least 4 members (excludes halogenated alkanes) is 1. The molecule has 0 aromatic heterocycles. The summed E-state index contributed by atoms with van der Waals surface area (Å²) in [7, 11) is 0. The van der Waals surface area contributed by atoms with Crippen LogP contribution in [0.3, 0.4) is 0 Å². The summed E-state index contributed by atoms with van der Waals surface area (Å²) in [5.41, 5.74) is 0. The van der Waals surface area contributed by atoms with Crippen molar-refractivity contribution in [3.63, 3.8) is 0 Å². The van der Waals surface area contributed by atoms with E-state index >= 15 is 0 Å². The summed E-state index contributed by atoms with van der Waals surface area (Å²) in [6.45, 7) is 2.23. The fourth-order valence-electron chi connectivity index (χ4n) is 0.961. The Bertz CT molecular complexity index is 113. The van der Waals surface area contributed by atoms with Crippen LogP contribution in [0.4, 0.5) is 0 Å². The van der Waals surface area contributed by atoms with Crippen molar-refractivity contribution in [2.75, 3.05) is 0 Å². The molecular formula is C9H14Li. The van der Waals surface area contributed by atoms with Crippen LogP contribution in [0.25, 0.3) is 0 Å². The van der Waals surface area contributed by atoms with Gasteiger partial charge >= 0.3 is 18.9 Å². The minimum atomic E-state index is 0. The minimum absolute atomic E-state index is 0. The summed E-state index contributed by atoms with van der Waals surface area (Å²) >= 11 is 0. The van der Waals surface area contributed by atoms with Crippen molar-refractivity contribution in [1.82, 2.24) is 0 Å². The molecule has 0 aliphatic heterocycles. The second kappa shape index (κ2) is 5.83. The number of hydrogen-bond acceptors (Lipinski definition) is 0. The predicted octanol–water partition coefficient (Wildman–Crippen LogP) is 2.23. The van der Waals surface area contributed by atoms with Gasteiger partial charge in [0.1, 0.15) is 0 Å². The molecule has 0 atom stereocenters. The summed E-state index contributed by atoms with van der Waals surface area (Å²) in [6.07, 6.45) is 12.5. The summed E-state index contributed by atoms with van der Waals surface area (Å²) in [4.78, 5) is 0. The fraction of sp³-hybridized carbons (Fsp3) is 0.444. The summed E-state index contributed by atoms with van der Waals surface area (Å²) in [6, 6.07) is 0. The molecule has 1 heteroatoms. The van der Waals surface area contributed by atoms with Crippen LogP contribution in [0.1, 0.15) is 26.2 Å².